The number of nitriles is 1. The summed E-state index contributed by atoms with van der Waals surface area (Å²) in [5.41, 5.74) is 1.13. The van der Waals surface area contributed by atoms with Crippen LogP contribution in [0.2, 0.25) is 0 Å². The first-order chi connectivity index (χ1) is 10.2. The predicted molar refractivity (Wildman–Crippen MR) is 71.3 cm³/mol. The van der Waals surface area contributed by atoms with E-state index in [2.05, 4.69) is 4.98 Å². The average molecular weight is 281 g/mol. The molecule has 0 saturated heterocycles. The van der Waals surface area contributed by atoms with Crippen LogP contribution in [0, 0.1) is 11.3 Å². The molecule has 2 amide bonds. The van der Waals surface area contributed by atoms with E-state index in [1.54, 1.807) is 24.3 Å². The number of amides is 2. The minimum Gasteiger partial charge on any atom is -0.448 e. The van der Waals surface area contributed by atoms with Crippen LogP contribution >= 0.6 is 0 Å². The van der Waals surface area contributed by atoms with E-state index in [0.29, 0.717) is 36.4 Å². The van der Waals surface area contributed by atoms with Gasteiger partial charge in [-0.1, -0.05) is 12.1 Å². The number of hydrogen-bond acceptors (Lipinski definition) is 5. The summed E-state index contributed by atoms with van der Waals surface area (Å²) in [4.78, 5) is 29.4. The zero-order valence-corrected chi connectivity index (χ0v) is 11.1. The van der Waals surface area contributed by atoms with E-state index in [1.165, 1.54) is 11.2 Å². The highest BCUT2D eigenvalue weighted by Crippen LogP contribution is 2.22. The fraction of sp³-hybridized carbons (Fsp3) is 0.200. The number of rotatable bonds is 4. The summed E-state index contributed by atoms with van der Waals surface area (Å²) in [6, 6.07) is 8.67. The lowest BCUT2D eigenvalue weighted by molar-refractivity contribution is 0.0652. The standard InChI is InChI=1S/C15H11N3O3/c16-8-10-9-21-13(17-10)6-3-7-18-14(19)11-4-1-2-5-12(11)15(18)20/h1-2,4-5,9H,3,6-7H2. The van der Waals surface area contributed by atoms with Crippen molar-refractivity contribution in [1.82, 2.24) is 9.88 Å². The molecule has 0 fully saturated rings. The SMILES string of the molecule is N#Cc1coc(CCCN2C(=O)c3ccccc3C2=O)n1. The second-order valence-electron chi connectivity index (χ2n) is 4.65. The Morgan fingerprint density at radius 3 is 2.43 bits per heavy atom. The molecule has 6 heteroatoms. The van der Waals surface area contributed by atoms with Crippen molar-refractivity contribution < 1.29 is 14.0 Å². The molecular weight excluding hydrogens is 270 g/mol. The number of nitrogens with zero attached hydrogens (tertiary/aromatic N) is 3. The van der Waals surface area contributed by atoms with E-state index >= 15 is 0 Å². The van der Waals surface area contributed by atoms with Crippen molar-refractivity contribution in [2.24, 2.45) is 0 Å². The molecule has 1 aromatic carbocycles. The van der Waals surface area contributed by atoms with E-state index in [1.807, 2.05) is 6.07 Å². The molecule has 2 heterocycles. The Bertz CT molecular complexity index is 723. The second-order valence-corrected chi connectivity index (χ2v) is 4.65. The number of carbonyl (C=O) groups is 2. The second kappa shape index (κ2) is 5.21. The first-order valence-corrected chi connectivity index (χ1v) is 6.50. The normalized spacial score (nSPS) is 13.4. The van der Waals surface area contributed by atoms with Gasteiger partial charge >= 0.3 is 0 Å². The molecule has 0 spiro atoms. The fourth-order valence-corrected chi connectivity index (χ4v) is 2.31. The van der Waals surface area contributed by atoms with Crippen molar-refractivity contribution in [1.29, 1.82) is 5.26 Å². The third-order valence-electron chi connectivity index (χ3n) is 3.32. The van der Waals surface area contributed by atoms with E-state index in [-0.39, 0.29) is 17.5 Å². The Morgan fingerprint density at radius 2 is 1.86 bits per heavy atom. The summed E-state index contributed by atoms with van der Waals surface area (Å²) >= 11 is 0. The molecule has 0 bridgehead atoms. The summed E-state index contributed by atoms with van der Waals surface area (Å²) < 4.78 is 5.11. The topological polar surface area (TPSA) is 87.2 Å². The Kier molecular flexibility index (Phi) is 3.24. The van der Waals surface area contributed by atoms with Gasteiger partial charge in [-0.15, -0.1) is 0 Å². The van der Waals surface area contributed by atoms with Crippen LogP contribution in [-0.2, 0) is 6.42 Å². The molecule has 1 aliphatic rings. The molecule has 2 aromatic rings. The van der Waals surface area contributed by atoms with Crippen LogP contribution < -0.4 is 0 Å². The largest absolute Gasteiger partial charge is 0.448 e. The van der Waals surface area contributed by atoms with Crippen LogP contribution in [0.3, 0.4) is 0 Å². The minimum absolute atomic E-state index is 0.228. The monoisotopic (exact) mass is 281 g/mol. The van der Waals surface area contributed by atoms with Crippen LogP contribution in [0.25, 0.3) is 0 Å². The van der Waals surface area contributed by atoms with Gasteiger partial charge in [-0.25, -0.2) is 4.98 Å². The van der Waals surface area contributed by atoms with Crippen molar-refractivity contribution in [2.45, 2.75) is 12.8 Å². The fourth-order valence-electron chi connectivity index (χ4n) is 2.31. The highest BCUT2D eigenvalue weighted by molar-refractivity contribution is 6.21. The number of benzene rings is 1. The first kappa shape index (κ1) is 13.1. The van der Waals surface area contributed by atoms with Crippen LogP contribution in [-0.4, -0.2) is 28.2 Å². The van der Waals surface area contributed by atoms with Gasteiger partial charge in [-0.2, -0.15) is 5.26 Å². The van der Waals surface area contributed by atoms with E-state index in [4.69, 9.17) is 9.68 Å². The third kappa shape index (κ3) is 2.30. The van der Waals surface area contributed by atoms with Crippen LogP contribution in [0.4, 0.5) is 0 Å². The van der Waals surface area contributed by atoms with Gasteiger partial charge < -0.3 is 4.42 Å². The molecule has 1 aromatic heterocycles. The van der Waals surface area contributed by atoms with Gasteiger partial charge in [0.15, 0.2) is 11.6 Å². The van der Waals surface area contributed by atoms with Gasteiger partial charge in [-0.05, 0) is 18.6 Å². The third-order valence-corrected chi connectivity index (χ3v) is 3.32. The molecule has 21 heavy (non-hydrogen) atoms. The van der Waals surface area contributed by atoms with E-state index in [9.17, 15) is 9.59 Å². The maximum Gasteiger partial charge on any atom is 0.261 e. The van der Waals surface area contributed by atoms with Gasteiger partial charge in [0.1, 0.15) is 12.3 Å². The van der Waals surface area contributed by atoms with E-state index in [0.717, 1.165) is 0 Å². The number of fused-ring (bicyclic) bond motifs is 1. The lowest BCUT2D eigenvalue weighted by atomic mass is 10.1. The zero-order valence-electron chi connectivity index (χ0n) is 11.1. The Labute approximate surface area is 120 Å². The Hall–Kier alpha value is -2.94. The molecular formula is C15H11N3O3. The summed E-state index contributed by atoms with van der Waals surface area (Å²) in [5.74, 6) is -0.0930. The van der Waals surface area contributed by atoms with E-state index < -0.39 is 0 Å². The number of oxazole rings is 1. The van der Waals surface area contributed by atoms with Crippen molar-refractivity contribution in [2.75, 3.05) is 6.54 Å². The van der Waals surface area contributed by atoms with Crippen molar-refractivity contribution in [3.8, 4) is 6.07 Å². The maximum atomic E-state index is 12.1. The number of imide groups is 1. The predicted octanol–water partition coefficient (Wildman–Crippen LogP) is 1.78. The summed E-state index contributed by atoms with van der Waals surface area (Å²) in [5, 5.41) is 8.65. The molecule has 104 valence electrons. The summed E-state index contributed by atoms with van der Waals surface area (Å²) in [6.07, 6.45) is 2.29. The van der Waals surface area contributed by atoms with Gasteiger partial charge in [0.2, 0.25) is 0 Å². The molecule has 0 atom stereocenters. The quantitative estimate of drug-likeness (QED) is 0.797. The molecule has 0 unspecified atom stereocenters. The lowest BCUT2D eigenvalue weighted by Crippen LogP contribution is -2.30. The Balaban J connectivity index is 1.63. The van der Waals surface area contributed by atoms with Crippen LogP contribution in [0.15, 0.2) is 34.9 Å². The van der Waals surface area contributed by atoms with Crippen LogP contribution in [0.1, 0.15) is 38.7 Å². The molecule has 0 N–H and O–H groups in total. The average Bonchev–Trinajstić information content (AvgIpc) is 3.06. The highest BCUT2D eigenvalue weighted by atomic mass is 16.3. The van der Waals surface area contributed by atoms with Crippen LogP contribution in [0.5, 0.6) is 0 Å². The van der Waals surface area contributed by atoms with Crippen molar-refractivity contribution in [3.05, 3.63) is 53.2 Å². The summed E-state index contributed by atoms with van der Waals surface area (Å²) in [7, 11) is 0. The summed E-state index contributed by atoms with van der Waals surface area (Å²) in [6.45, 7) is 0.302. The molecule has 6 nitrogen and oxygen atoms in total. The molecule has 0 saturated carbocycles. The molecule has 3 rings (SSSR count). The lowest BCUT2D eigenvalue weighted by Gasteiger charge is -2.12. The van der Waals surface area contributed by atoms with Crippen molar-refractivity contribution >= 4 is 11.8 Å². The number of aromatic nitrogens is 1. The first-order valence-electron chi connectivity index (χ1n) is 6.50. The minimum atomic E-state index is -0.263. The number of carbonyl (C=O) groups excluding carboxylic acids is 2. The Morgan fingerprint density at radius 1 is 1.19 bits per heavy atom. The molecule has 1 aliphatic heterocycles. The molecule has 0 radical (unpaired) electrons. The molecule has 0 aliphatic carbocycles. The van der Waals surface area contributed by atoms with Gasteiger partial charge in [0, 0.05) is 13.0 Å². The number of aryl methyl sites for hydroxylation is 1. The van der Waals surface area contributed by atoms with Gasteiger partial charge in [0.05, 0.1) is 11.1 Å². The number of hydrogen-bond donors (Lipinski definition) is 0. The van der Waals surface area contributed by atoms with Gasteiger partial charge in [0.25, 0.3) is 11.8 Å². The van der Waals surface area contributed by atoms with Gasteiger partial charge in [-0.3, -0.25) is 14.5 Å². The van der Waals surface area contributed by atoms with Crippen molar-refractivity contribution in [3.63, 3.8) is 0 Å². The maximum absolute atomic E-state index is 12.1. The highest BCUT2D eigenvalue weighted by Gasteiger charge is 2.34. The smallest absolute Gasteiger partial charge is 0.261 e. The zero-order chi connectivity index (χ0) is 14.8.